The van der Waals surface area contributed by atoms with E-state index < -0.39 is 23.7 Å². The van der Waals surface area contributed by atoms with Crippen LogP contribution in [0.1, 0.15) is 33.5 Å². The quantitative estimate of drug-likeness (QED) is 0.565. The fourth-order valence-corrected chi connectivity index (χ4v) is 4.30. The van der Waals surface area contributed by atoms with E-state index in [0.29, 0.717) is 27.2 Å². The summed E-state index contributed by atoms with van der Waals surface area (Å²) < 4.78 is 29.8. The summed E-state index contributed by atoms with van der Waals surface area (Å²) in [6.45, 7) is 1.50. The Morgan fingerprint density at radius 1 is 1.23 bits per heavy atom. The van der Waals surface area contributed by atoms with E-state index in [9.17, 15) is 18.4 Å². The van der Waals surface area contributed by atoms with Crippen molar-refractivity contribution < 1.29 is 23.1 Å². The summed E-state index contributed by atoms with van der Waals surface area (Å²) in [5.74, 6) is -3.47. The third kappa shape index (κ3) is 4.62. The molecule has 4 nitrogen and oxygen atoms in total. The maximum Gasteiger partial charge on any atom is 0.349 e. The summed E-state index contributed by atoms with van der Waals surface area (Å²) in [4.78, 5) is 26.5. The topological polar surface area (TPSA) is 55.4 Å². The van der Waals surface area contributed by atoms with Gasteiger partial charge in [0.05, 0.1) is 0 Å². The highest BCUT2D eigenvalue weighted by Crippen LogP contribution is 2.31. The number of alkyl halides is 2. The molecule has 0 unspecified atom stereocenters. The Morgan fingerprint density at radius 3 is 2.62 bits per heavy atom. The molecule has 0 aliphatic heterocycles. The van der Waals surface area contributed by atoms with Crippen LogP contribution in [0.3, 0.4) is 0 Å². The number of ether oxygens (including phenoxy) is 1. The Kier molecular flexibility index (Phi) is 5.93. The number of anilines is 1. The molecular formula is C18H17F2NO3S2. The average Bonchev–Trinajstić information content (AvgIpc) is 3.17. The van der Waals surface area contributed by atoms with E-state index in [4.69, 9.17) is 4.74 Å². The molecule has 8 heteroatoms. The lowest BCUT2D eigenvalue weighted by Crippen LogP contribution is -2.29. The lowest BCUT2D eigenvalue weighted by atomic mass is 10.2. The van der Waals surface area contributed by atoms with Gasteiger partial charge in [-0.25, -0.2) is 4.79 Å². The molecule has 1 aliphatic rings. The standard InChI is InChI=1S/C18H17F2NO3S2/c1-10(24-17(23)15-9-11-3-2-4-14(11)26-15)16(22)21-12-5-7-13(8-6-12)25-18(19)20/h5-10,18H,2-4H2,1H3,(H,21,22)/t10-/m1/s1. The average molecular weight is 397 g/mol. The largest absolute Gasteiger partial charge is 0.448 e. The van der Waals surface area contributed by atoms with E-state index in [1.165, 1.54) is 53.0 Å². The van der Waals surface area contributed by atoms with Gasteiger partial charge in [0.15, 0.2) is 6.10 Å². The van der Waals surface area contributed by atoms with Crippen molar-refractivity contribution in [1.29, 1.82) is 0 Å². The fraction of sp³-hybridized carbons (Fsp3) is 0.333. The molecule has 1 amide bonds. The van der Waals surface area contributed by atoms with Crippen molar-refractivity contribution in [2.45, 2.75) is 42.9 Å². The van der Waals surface area contributed by atoms with Crippen molar-refractivity contribution in [1.82, 2.24) is 0 Å². The molecule has 1 atom stereocenters. The predicted molar refractivity (Wildman–Crippen MR) is 98.2 cm³/mol. The first-order chi connectivity index (χ1) is 12.4. The van der Waals surface area contributed by atoms with Gasteiger partial charge >= 0.3 is 5.97 Å². The van der Waals surface area contributed by atoms with Gasteiger partial charge in [-0.1, -0.05) is 11.8 Å². The summed E-state index contributed by atoms with van der Waals surface area (Å²) >= 11 is 1.86. The van der Waals surface area contributed by atoms with Gasteiger partial charge in [0.1, 0.15) is 4.88 Å². The summed E-state index contributed by atoms with van der Waals surface area (Å²) in [6, 6.07) is 7.90. The predicted octanol–water partition coefficient (Wildman–Crippen LogP) is 4.74. The van der Waals surface area contributed by atoms with E-state index in [2.05, 4.69) is 5.32 Å². The van der Waals surface area contributed by atoms with Crippen molar-refractivity contribution in [2.24, 2.45) is 0 Å². The Labute approximate surface area is 157 Å². The van der Waals surface area contributed by atoms with E-state index in [0.717, 1.165) is 19.3 Å². The molecule has 0 saturated carbocycles. The molecule has 0 fully saturated rings. The SMILES string of the molecule is C[C@@H](OC(=O)c1cc2c(s1)CCC2)C(=O)Nc1ccc(SC(F)F)cc1. The summed E-state index contributed by atoms with van der Waals surface area (Å²) in [5, 5.41) is 2.61. The molecule has 3 rings (SSSR count). The van der Waals surface area contributed by atoms with E-state index in [1.807, 2.05) is 6.07 Å². The van der Waals surface area contributed by atoms with Crippen molar-refractivity contribution in [3.8, 4) is 0 Å². The maximum atomic E-state index is 12.3. The number of nitrogens with one attached hydrogen (secondary N) is 1. The van der Waals surface area contributed by atoms with Crippen LogP contribution in [0.25, 0.3) is 0 Å². The van der Waals surface area contributed by atoms with Crippen LogP contribution in [0.15, 0.2) is 35.2 Å². The van der Waals surface area contributed by atoms with Gasteiger partial charge in [-0.15, -0.1) is 11.3 Å². The minimum atomic E-state index is -2.49. The molecule has 138 valence electrons. The lowest BCUT2D eigenvalue weighted by Gasteiger charge is -2.13. The smallest absolute Gasteiger partial charge is 0.349 e. The third-order valence-electron chi connectivity index (χ3n) is 3.95. The van der Waals surface area contributed by atoms with Gasteiger partial charge in [0, 0.05) is 15.5 Å². The number of hydrogen-bond acceptors (Lipinski definition) is 5. The van der Waals surface area contributed by atoms with E-state index >= 15 is 0 Å². The molecule has 0 radical (unpaired) electrons. The second-order valence-corrected chi connectivity index (χ2v) is 8.05. The molecule has 2 aromatic rings. The number of rotatable bonds is 6. The highest BCUT2D eigenvalue weighted by atomic mass is 32.2. The number of amides is 1. The lowest BCUT2D eigenvalue weighted by molar-refractivity contribution is -0.123. The first-order valence-electron chi connectivity index (χ1n) is 8.10. The minimum Gasteiger partial charge on any atom is -0.448 e. The fourth-order valence-electron chi connectivity index (χ4n) is 2.67. The first kappa shape index (κ1) is 18.8. The molecule has 26 heavy (non-hydrogen) atoms. The van der Waals surface area contributed by atoms with Crippen LogP contribution < -0.4 is 5.32 Å². The van der Waals surface area contributed by atoms with Crippen LogP contribution >= 0.6 is 23.1 Å². The molecule has 1 aromatic heterocycles. The van der Waals surface area contributed by atoms with E-state index in [1.54, 1.807) is 0 Å². The molecule has 1 aliphatic carbocycles. The monoisotopic (exact) mass is 397 g/mol. The zero-order valence-corrected chi connectivity index (χ0v) is 15.6. The van der Waals surface area contributed by atoms with Crippen LogP contribution in [0.4, 0.5) is 14.5 Å². The molecule has 0 saturated heterocycles. The zero-order valence-electron chi connectivity index (χ0n) is 14.0. The summed E-state index contributed by atoms with van der Waals surface area (Å²) in [6.07, 6.45) is 2.12. The molecule has 0 bridgehead atoms. The number of carbonyl (C=O) groups excluding carboxylic acids is 2. The maximum absolute atomic E-state index is 12.3. The zero-order chi connectivity index (χ0) is 18.7. The van der Waals surface area contributed by atoms with Gasteiger partial charge in [-0.05, 0) is 62.1 Å². The Morgan fingerprint density at radius 2 is 1.96 bits per heavy atom. The highest BCUT2D eigenvalue weighted by Gasteiger charge is 2.23. The first-order valence-corrected chi connectivity index (χ1v) is 9.80. The summed E-state index contributed by atoms with van der Waals surface area (Å²) in [7, 11) is 0. The van der Waals surface area contributed by atoms with Crippen LogP contribution in [0.2, 0.25) is 0 Å². The van der Waals surface area contributed by atoms with Gasteiger partial charge in [0.25, 0.3) is 11.7 Å². The third-order valence-corrected chi connectivity index (χ3v) is 5.89. The number of thiophene rings is 1. The number of esters is 1. The second-order valence-electron chi connectivity index (χ2n) is 5.85. The van der Waals surface area contributed by atoms with Gasteiger partial charge < -0.3 is 10.1 Å². The van der Waals surface area contributed by atoms with Crippen molar-refractivity contribution >= 4 is 40.7 Å². The number of thioether (sulfide) groups is 1. The normalized spacial score (nSPS) is 14.2. The highest BCUT2D eigenvalue weighted by molar-refractivity contribution is 7.99. The molecule has 1 heterocycles. The number of fused-ring (bicyclic) bond motifs is 1. The number of benzene rings is 1. The number of aryl methyl sites for hydroxylation is 2. The number of halogens is 2. The molecular weight excluding hydrogens is 380 g/mol. The Bertz CT molecular complexity index is 784. The second kappa shape index (κ2) is 8.18. The van der Waals surface area contributed by atoms with Crippen molar-refractivity contribution in [2.75, 3.05) is 5.32 Å². The van der Waals surface area contributed by atoms with Gasteiger partial charge in [0.2, 0.25) is 0 Å². The van der Waals surface area contributed by atoms with Crippen LogP contribution in [0.5, 0.6) is 0 Å². The van der Waals surface area contributed by atoms with Gasteiger partial charge in [-0.2, -0.15) is 8.78 Å². The minimum absolute atomic E-state index is 0.406. The van der Waals surface area contributed by atoms with Crippen LogP contribution in [-0.2, 0) is 22.4 Å². The van der Waals surface area contributed by atoms with Crippen molar-refractivity contribution in [3.05, 3.63) is 45.6 Å². The van der Waals surface area contributed by atoms with Gasteiger partial charge in [-0.3, -0.25) is 4.79 Å². The molecule has 1 aromatic carbocycles. The van der Waals surface area contributed by atoms with E-state index in [-0.39, 0.29) is 0 Å². The summed E-state index contributed by atoms with van der Waals surface area (Å²) in [5.41, 5.74) is 1.65. The molecule has 0 spiro atoms. The van der Waals surface area contributed by atoms with Crippen molar-refractivity contribution in [3.63, 3.8) is 0 Å². The Hall–Kier alpha value is -1.93. The van der Waals surface area contributed by atoms with Crippen LogP contribution in [-0.4, -0.2) is 23.7 Å². The Balaban J connectivity index is 1.54. The number of hydrogen-bond donors (Lipinski definition) is 1. The number of carbonyl (C=O) groups is 2. The van der Waals surface area contributed by atoms with Crippen LogP contribution in [0, 0.1) is 0 Å². The molecule has 1 N–H and O–H groups in total.